The van der Waals surface area contributed by atoms with Crippen LogP contribution in [0.15, 0.2) is 42.5 Å². The van der Waals surface area contributed by atoms with Crippen LogP contribution in [0.2, 0.25) is 0 Å². The number of benzene rings is 2. The van der Waals surface area contributed by atoms with E-state index in [-0.39, 0.29) is 17.6 Å². The third-order valence-corrected chi connectivity index (χ3v) is 4.54. The summed E-state index contributed by atoms with van der Waals surface area (Å²) in [5.74, 6) is -1.13. The molecule has 0 unspecified atom stereocenters. The van der Waals surface area contributed by atoms with Gasteiger partial charge in [-0.2, -0.15) is 0 Å². The maximum atomic E-state index is 13.7. The van der Waals surface area contributed by atoms with Gasteiger partial charge in [-0.1, -0.05) is 29.8 Å². The van der Waals surface area contributed by atoms with E-state index in [1.165, 1.54) is 5.56 Å². The van der Waals surface area contributed by atoms with E-state index in [0.29, 0.717) is 5.92 Å². The number of nitrogens with one attached hydrogen (secondary N) is 2. The van der Waals surface area contributed by atoms with Crippen molar-refractivity contribution in [3.05, 3.63) is 65.2 Å². The van der Waals surface area contributed by atoms with E-state index in [9.17, 15) is 13.6 Å². The normalized spacial score (nSPS) is 16.3. The summed E-state index contributed by atoms with van der Waals surface area (Å²) >= 11 is 0. The summed E-state index contributed by atoms with van der Waals surface area (Å²) in [6.45, 7) is 3.77. The average Bonchev–Trinajstić information content (AvgIpc) is 3.41. The van der Waals surface area contributed by atoms with Gasteiger partial charge in [0.25, 0.3) is 0 Å². The first-order valence-electron chi connectivity index (χ1n) is 8.52. The Hall–Kier alpha value is -2.27. The number of carbonyl (C=O) groups excluding carboxylic acids is 1. The molecule has 132 valence electrons. The molecule has 2 atom stereocenters. The average molecular weight is 344 g/mol. The lowest BCUT2D eigenvalue weighted by Gasteiger charge is -2.23. The molecule has 0 heterocycles. The zero-order valence-electron chi connectivity index (χ0n) is 14.4. The first kappa shape index (κ1) is 17.5. The largest absolute Gasteiger partial charge is 0.322 e. The highest BCUT2D eigenvalue weighted by Crippen LogP contribution is 2.41. The van der Waals surface area contributed by atoms with Gasteiger partial charge in [-0.3, -0.25) is 10.1 Å². The van der Waals surface area contributed by atoms with Crippen molar-refractivity contribution in [3.63, 3.8) is 0 Å². The first-order valence-corrected chi connectivity index (χ1v) is 8.52. The van der Waals surface area contributed by atoms with E-state index in [4.69, 9.17) is 0 Å². The number of hydrogen-bond donors (Lipinski definition) is 2. The maximum Gasteiger partial charge on any atom is 0.241 e. The van der Waals surface area contributed by atoms with Gasteiger partial charge in [0.05, 0.1) is 11.7 Å². The summed E-state index contributed by atoms with van der Waals surface area (Å²) in [6.07, 6.45) is 2.25. The Morgan fingerprint density at radius 3 is 2.44 bits per heavy atom. The Bertz CT molecular complexity index is 757. The second-order valence-electron chi connectivity index (χ2n) is 6.73. The number of halogens is 2. The van der Waals surface area contributed by atoms with Gasteiger partial charge in [0.2, 0.25) is 5.91 Å². The molecule has 0 aliphatic heterocycles. The van der Waals surface area contributed by atoms with Crippen LogP contribution in [-0.2, 0) is 4.79 Å². The minimum Gasteiger partial charge on any atom is -0.322 e. The fourth-order valence-corrected chi connectivity index (χ4v) is 2.89. The van der Waals surface area contributed by atoms with E-state index in [2.05, 4.69) is 34.9 Å². The van der Waals surface area contributed by atoms with Crippen LogP contribution in [0, 0.1) is 24.5 Å². The van der Waals surface area contributed by atoms with Crippen LogP contribution in [-0.4, -0.2) is 11.9 Å². The van der Waals surface area contributed by atoms with Crippen LogP contribution in [0.4, 0.5) is 14.5 Å². The van der Waals surface area contributed by atoms with Crippen molar-refractivity contribution in [2.24, 2.45) is 5.92 Å². The highest BCUT2D eigenvalue weighted by Gasteiger charge is 2.34. The molecular weight excluding hydrogens is 322 g/mol. The Balaban J connectivity index is 1.68. The van der Waals surface area contributed by atoms with E-state index in [1.807, 2.05) is 6.92 Å². The molecule has 0 radical (unpaired) electrons. The Labute approximate surface area is 146 Å². The van der Waals surface area contributed by atoms with E-state index < -0.39 is 17.7 Å². The third-order valence-electron chi connectivity index (χ3n) is 4.54. The molecule has 0 saturated heterocycles. The molecule has 0 aromatic heterocycles. The molecule has 2 aromatic rings. The number of rotatable bonds is 6. The molecular formula is C20H22F2N2O. The van der Waals surface area contributed by atoms with Gasteiger partial charge in [-0.25, -0.2) is 8.78 Å². The highest BCUT2D eigenvalue weighted by molar-refractivity contribution is 5.94. The SMILES string of the molecule is Cc1ccc([C@@H](N[C@H](C)C(=O)Nc2cc(F)ccc2F)C2CC2)cc1. The fraction of sp³-hybridized carbons (Fsp3) is 0.350. The van der Waals surface area contributed by atoms with Crippen molar-refractivity contribution >= 4 is 11.6 Å². The Kier molecular flexibility index (Phi) is 5.13. The van der Waals surface area contributed by atoms with Crippen molar-refractivity contribution in [3.8, 4) is 0 Å². The third kappa shape index (κ3) is 4.42. The second kappa shape index (κ2) is 7.31. The standard InChI is InChI=1S/C20H22F2N2O/c1-12-3-5-14(6-4-12)19(15-7-8-15)23-13(2)20(25)24-18-11-16(21)9-10-17(18)22/h3-6,9-11,13,15,19,23H,7-8H2,1-2H3,(H,24,25)/t13-,19-/m1/s1. The summed E-state index contributed by atoms with van der Waals surface area (Å²) in [7, 11) is 0. The summed E-state index contributed by atoms with van der Waals surface area (Å²) in [5, 5.41) is 5.80. The molecule has 3 rings (SSSR count). The molecule has 2 aromatic carbocycles. The van der Waals surface area contributed by atoms with E-state index >= 15 is 0 Å². The van der Waals surface area contributed by atoms with Crippen LogP contribution in [0.3, 0.4) is 0 Å². The molecule has 0 bridgehead atoms. The van der Waals surface area contributed by atoms with Gasteiger partial charge in [0.1, 0.15) is 11.6 Å². The minimum absolute atomic E-state index is 0.0821. The van der Waals surface area contributed by atoms with Crippen LogP contribution < -0.4 is 10.6 Å². The molecule has 1 aliphatic rings. The minimum atomic E-state index is -0.653. The van der Waals surface area contributed by atoms with E-state index in [0.717, 1.165) is 36.6 Å². The van der Waals surface area contributed by atoms with Gasteiger partial charge < -0.3 is 5.32 Å². The zero-order valence-corrected chi connectivity index (χ0v) is 14.4. The summed E-state index contributed by atoms with van der Waals surface area (Å²) in [4.78, 5) is 12.4. The smallest absolute Gasteiger partial charge is 0.241 e. The number of carbonyl (C=O) groups is 1. The van der Waals surface area contributed by atoms with Crippen molar-refractivity contribution < 1.29 is 13.6 Å². The highest BCUT2D eigenvalue weighted by atomic mass is 19.1. The monoisotopic (exact) mass is 344 g/mol. The Morgan fingerprint density at radius 2 is 1.80 bits per heavy atom. The summed E-state index contributed by atoms with van der Waals surface area (Å²) in [6, 6.07) is 10.8. The molecule has 2 N–H and O–H groups in total. The van der Waals surface area contributed by atoms with Gasteiger partial charge in [0.15, 0.2) is 0 Å². The summed E-state index contributed by atoms with van der Waals surface area (Å²) < 4.78 is 26.9. The molecule has 25 heavy (non-hydrogen) atoms. The number of hydrogen-bond acceptors (Lipinski definition) is 2. The number of amides is 1. The topological polar surface area (TPSA) is 41.1 Å². The van der Waals surface area contributed by atoms with Gasteiger partial charge >= 0.3 is 0 Å². The van der Waals surface area contributed by atoms with Crippen LogP contribution in [0.1, 0.15) is 36.9 Å². The van der Waals surface area contributed by atoms with Crippen molar-refractivity contribution in [2.75, 3.05) is 5.32 Å². The molecule has 1 amide bonds. The summed E-state index contributed by atoms with van der Waals surface area (Å²) in [5.41, 5.74) is 2.19. The lowest BCUT2D eigenvalue weighted by Crippen LogP contribution is -2.41. The van der Waals surface area contributed by atoms with Gasteiger partial charge in [-0.05, 0) is 50.3 Å². The van der Waals surface area contributed by atoms with Gasteiger partial charge in [-0.15, -0.1) is 0 Å². The number of anilines is 1. The van der Waals surface area contributed by atoms with Gasteiger partial charge in [0, 0.05) is 12.1 Å². The predicted molar refractivity (Wildman–Crippen MR) is 94.2 cm³/mol. The van der Waals surface area contributed by atoms with Crippen molar-refractivity contribution in [1.29, 1.82) is 0 Å². The molecule has 1 fully saturated rings. The Morgan fingerprint density at radius 1 is 1.12 bits per heavy atom. The maximum absolute atomic E-state index is 13.7. The predicted octanol–water partition coefficient (Wildman–Crippen LogP) is 4.34. The molecule has 5 heteroatoms. The number of aryl methyl sites for hydroxylation is 1. The van der Waals surface area contributed by atoms with E-state index in [1.54, 1.807) is 6.92 Å². The van der Waals surface area contributed by atoms with Crippen LogP contribution in [0.5, 0.6) is 0 Å². The zero-order chi connectivity index (χ0) is 18.0. The fourth-order valence-electron chi connectivity index (χ4n) is 2.89. The first-order chi connectivity index (χ1) is 11.9. The van der Waals surface area contributed by atoms with Crippen molar-refractivity contribution in [2.45, 2.75) is 38.8 Å². The quantitative estimate of drug-likeness (QED) is 0.818. The van der Waals surface area contributed by atoms with Crippen molar-refractivity contribution in [1.82, 2.24) is 5.32 Å². The van der Waals surface area contributed by atoms with Crippen LogP contribution in [0.25, 0.3) is 0 Å². The molecule has 1 aliphatic carbocycles. The molecule has 0 spiro atoms. The second-order valence-corrected chi connectivity index (χ2v) is 6.73. The lowest BCUT2D eigenvalue weighted by molar-refractivity contribution is -0.118. The molecule has 3 nitrogen and oxygen atoms in total. The molecule has 1 saturated carbocycles. The lowest BCUT2D eigenvalue weighted by atomic mass is 10.00. The van der Waals surface area contributed by atoms with Crippen LogP contribution >= 0.6 is 0 Å².